The highest BCUT2D eigenvalue weighted by Crippen LogP contribution is 2.28. The summed E-state index contributed by atoms with van der Waals surface area (Å²) in [6.45, 7) is 5.72. The van der Waals surface area contributed by atoms with E-state index >= 15 is 0 Å². The average Bonchev–Trinajstić information content (AvgIpc) is 2.29. The van der Waals surface area contributed by atoms with Gasteiger partial charge in [0, 0.05) is 0 Å². The van der Waals surface area contributed by atoms with E-state index in [1.165, 1.54) is 6.07 Å². The number of hydrogen-bond acceptors (Lipinski definition) is 3. The molecule has 0 amide bonds. The molecule has 0 spiro atoms. The van der Waals surface area contributed by atoms with Gasteiger partial charge < -0.3 is 9.84 Å². The lowest BCUT2D eigenvalue weighted by Gasteiger charge is -2.17. The summed E-state index contributed by atoms with van der Waals surface area (Å²) in [5.74, 6) is -0.726. The van der Waals surface area contributed by atoms with Gasteiger partial charge in [0.25, 0.3) is 0 Å². The second-order valence-electron chi connectivity index (χ2n) is 4.19. The van der Waals surface area contributed by atoms with Crippen molar-refractivity contribution in [2.75, 3.05) is 6.61 Å². The topological polar surface area (TPSA) is 70.3 Å². The van der Waals surface area contributed by atoms with Crippen LogP contribution in [0.1, 0.15) is 36.7 Å². The van der Waals surface area contributed by atoms with Gasteiger partial charge in [-0.1, -0.05) is 6.07 Å². The number of ether oxygens (including phenoxy) is 1. The normalized spacial score (nSPS) is 10.7. The molecule has 0 saturated carbocycles. The summed E-state index contributed by atoms with van der Waals surface area (Å²) in [7, 11) is 0. The number of nitrogens with zero attached hydrogens (tertiary/aromatic N) is 1. The average molecular weight is 233 g/mol. The van der Waals surface area contributed by atoms with Crippen LogP contribution in [0.3, 0.4) is 0 Å². The van der Waals surface area contributed by atoms with E-state index in [-0.39, 0.29) is 5.56 Å². The lowest BCUT2D eigenvalue weighted by Crippen LogP contribution is -2.15. The van der Waals surface area contributed by atoms with Gasteiger partial charge in [0.2, 0.25) is 0 Å². The highest BCUT2D eigenvalue weighted by atomic mass is 16.5. The van der Waals surface area contributed by atoms with Crippen LogP contribution in [0.15, 0.2) is 18.2 Å². The van der Waals surface area contributed by atoms with Crippen LogP contribution in [0.4, 0.5) is 0 Å². The van der Waals surface area contributed by atoms with Crippen molar-refractivity contribution >= 4 is 5.97 Å². The molecule has 90 valence electrons. The molecule has 0 heterocycles. The van der Waals surface area contributed by atoms with Crippen LogP contribution in [0.25, 0.3) is 0 Å². The summed E-state index contributed by atoms with van der Waals surface area (Å²) in [6, 6.07) is 6.92. The van der Waals surface area contributed by atoms with Crippen LogP contribution in [-0.2, 0) is 5.41 Å². The Morgan fingerprint density at radius 2 is 2.18 bits per heavy atom. The fraction of sp³-hybridized carbons (Fsp3) is 0.385. The fourth-order valence-corrected chi connectivity index (χ4v) is 1.43. The molecule has 1 aromatic rings. The number of hydrogen-bond donors (Lipinski definition) is 1. The Morgan fingerprint density at radius 1 is 1.53 bits per heavy atom. The Bertz CT molecular complexity index is 472. The van der Waals surface area contributed by atoms with Gasteiger partial charge in [-0.05, 0) is 38.5 Å². The molecule has 0 aliphatic rings. The molecule has 1 rings (SSSR count). The van der Waals surface area contributed by atoms with Crippen molar-refractivity contribution in [3.05, 3.63) is 29.3 Å². The molecule has 0 saturated heterocycles. The number of aromatic carboxylic acids is 1. The van der Waals surface area contributed by atoms with E-state index in [1.807, 2.05) is 0 Å². The minimum atomic E-state index is -1.03. The third-order valence-corrected chi connectivity index (χ3v) is 2.51. The zero-order valence-electron chi connectivity index (χ0n) is 10.2. The van der Waals surface area contributed by atoms with Crippen LogP contribution >= 0.6 is 0 Å². The predicted octanol–water partition coefficient (Wildman–Crippen LogP) is 2.58. The molecule has 0 unspecified atom stereocenters. The van der Waals surface area contributed by atoms with Crippen molar-refractivity contribution in [2.45, 2.75) is 26.2 Å². The van der Waals surface area contributed by atoms with Gasteiger partial charge in [-0.2, -0.15) is 5.26 Å². The second kappa shape index (κ2) is 4.88. The van der Waals surface area contributed by atoms with E-state index in [1.54, 1.807) is 32.9 Å². The molecule has 1 N–H and O–H groups in total. The van der Waals surface area contributed by atoms with E-state index in [0.29, 0.717) is 12.4 Å². The van der Waals surface area contributed by atoms with Crippen molar-refractivity contribution in [3.63, 3.8) is 0 Å². The summed E-state index contributed by atoms with van der Waals surface area (Å²) in [5.41, 5.74) is 0.195. The van der Waals surface area contributed by atoms with Gasteiger partial charge >= 0.3 is 5.97 Å². The maximum atomic E-state index is 11.0. The quantitative estimate of drug-likeness (QED) is 0.867. The minimum absolute atomic E-state index is 0.115. The van der Waals surface area contributed by atoms with Crippen molar-refractivity contribution in [3.8, 4) is 11.8 Å². The second-order valence-corrected chi connectivity index (χ2v) is 4.19. The number of carboxylic acid groups (broad SMARTS) is 1. The molecule has 0 aliphatic heterocycles. The van der Waals surface area contributed by atoms with Gasteiger partial charge in [-0.3, -0.25) is 0 Å². The number of carboxylic acids is 1. The maximum Gasteiger partial charge on any atom is 0.339 e. The van der Waals surface area contributed by atoms with Gasteiger partial charge in [0.15, 0.2) is 0 Å². The van der Waals surface area contributed by atoms with E-state index in [9.17, 15) is 4.79 Å². The number of rotatable bonds is 4. The Labute approximate surface area is 100 Å². The Hall–Kier alpha value is -2.02. The molecular formula is C13H15NO3. The molecule has 0 aliphatic carbocycles. The first kappa shape index (κ1) is 13.0. The van der Waals surface area contributed by atoms with Gasteiger partial charge in [-0.15, -0.1) is 0 Å². The van der Waals surface area contributed by atoms with Crippen molar-refractivity contribution in [2.24, 2.45) is 0 Å². The summed E-state index contributed by atoms with van der Waals surface area (Å²) >= 11 is 0. The molecule has 0 aromatic heterocycles. The molecule has 0 radical (unpaired) electrons. The molecule has 0 atom stereocenters. The van der Waals surface area contributed by atoms with Crippen LogP contribution < -0.4 is 4.74 Å². The maximum absolute atomic E-state index is 11.0. The van der Waals surface area contributed by atoms with E-state index in [4.69, 9.17) is 15.1 Å². The molecule has 0 fully saturated rings. The van der Waals surface area contributed by atoms with Crippen LogP contribution in [0, 0.1) is 11.3 Å². The highest BCUT2D eigenvalue weighted by Gasteiger charge is 2.22. The third kappa shape index (κ3) is 2.76. The Balaban J connectivity index is 3.29. The zero-order valence-corrected chi connectivity index (χ0v) is 10.2. The largest absolute Gasteiger partial charge is 0.493 e. The first-order chi connectivity index (χ1) is 7.92. The SMILES string of the molecule is CCOc1cc(C(C)(C)C#N)ccc1C(=O)O. The van der Waals surface area contributed by atoms with Crippen LogP contribution in [-0.4, -0.2) is 17.7 Å². The number of nitriles is 1. The van der Waals surface area contributed by atoms with Gasteiger partial charge in [0.05, 0.1) is 18.1 Å². The first-order valence-corrected chi connectivity index (χ1v) is 5.34. The zero-order chi connectivity index (χ0) is 13.1. The molecule has 4 nitrogen and oxygen atoms in total. The van der Waals surface area contributed by atoms with Crippen LogP contribution in [0.2, 0.25) is 0 Å². The molecular weight excluding hydrogens is 218 g/mol. The Morgan fingerprint density at radius 3 is 2.65 bits per heavy atom. The predicted molar refractivity (Wildman–Crippen MR) is 63.2 cm³/mol. The highest BCUT2D eigenvalue weighted by molar-refractivity contribution is 5.91. The summed E-state index contributed by atoms with van der Waals surface area (Å²) in [5, 5.41) is 18.0. The smallest absolute Gasteiger partial charge is 0.339 e. The van der Waals surface area contributed by atoms with Crippen molar-refractivity contribution in [1.29, 1.82) is 5.26 Å². The van der Waals surface area contributed by atoms with Gasteiger partial charge in [-0.25, -0.2) is 4.79 Å². The number of benzene rings is 1. The molecule has 0 bridgehead atoms. The molecule has 17 heavy (non-hydrogen) atoms. The first-order valence-electron chi connectivity index (χ1n) is 5.34. The van der Waals surface area contributed by atoms with E-state index < -0.39 is 11.4 Å². The molecule has 1 aromatic carbocycles. The lowest BCUT2D eigenvalue weighted by molar-refractivity contribution is 0.0692. The minimum Gasteiger partial charge on any atom is -0.493 e. The van der Waals surface area contributed by atoms with Crippen molar-refractivity contribution < 1.29 is 14.6 Å². The fourth-order valence-electron chi connectivity index (χ4n) is 1.43. The van der Waals surface area contributed by atoms with E-state index in [0.717, 1.165) is 5.56 Å². The number of carbonyl (C=O) groups is 1. The van der Waals surface area contributed by atoms with Crippen molar-refractivity contribution in [1.82, 2.24) is 0 Å². The summed E-state index contributed by atoms with van der Waals surface area (Å²) in [6.07, 6.45) is 0. The molecule has 4 heteroatoms. The third-order valence-electron chi connectivity index (χ3n) is 2.51. The monoisotopic (exact) mass is 233 g/mol. The lowest BCUT2D eigenvalue weighted by atomic mass is 9.86. The standard InChI is InChI=1S/C13H15NO3/c1-4-17-11-7-9(13(2,3)8-14)5-6-10(11)12(15)16/h5-7H,4H2,1-3H3,(H,15,16). The summed E-state index contributed by atoms with van der Waals surface area (Å²) in [4.78, 5) is 11.0. The van der Waals surface area contributed by atoms with Gasteiger partial charge in [0.1, 0.15) is 11.3 Å². The van der Waals surface area contributed by atoms with E-state index in [2.05, 4.69) is 6.07 Å². The Kier molecular flexibility index (Phi) is 3.74. The van der Waals surface area contributed by atoms with Crippen LogP contribution in [0.5, 0.6) is 5.75 Å². The summed E-state index contributed by atoms with van der Waals surface area (Å²) < 4.78 is 5.29.